The summed E-state index contributed by atoms with van der Waals surface area (Å²) in [5.41, 5.74) is 5.74. The molecule has 1 aromatic carbocycles. The third-order valence-electron chi connectivity index (χ3n) is 4.05. The Kier molecular flexibility index (Phi) is 2.49. The Morgan fingerprint density at radius 2 is 2.00 bits per heavy atom. The summed E-state index contributed by atoms with van der Waals surface area (Å²) in [6.45, 7) is 2.19. The zero-order valence-corrected chi connectivity index (χ0v) is 11.8. The van der Waals surface area contributed by atoms with Crippen molar-refractivity contribution in [3.05, 3.63) is 46.6 Å². The monoisotopic (exact) mass is 268 g/mol. The van der Waals surface area contributed by atoms with Gasteiger partial charge in [0, 0.05) is 17.3 Å². The number of aryl methyl sites for hydroxylation is 3. The maximum Gasteiger partial charge on any atom is 0.194 e. The van der Waals surface area contributed by atoms with E-state index in [1.165, 1.54) is 41.8 Å². The molecule has 1 aliphatic carbocycles. The van der Waals surface area contributed by atoms with Gasteiger partial charge in [-0.25, -0.2) is 4.98 Å². The summed E-state index contributed by atoms with van der Waals surface area (Å²) in [7, 11) is 0. The Morgan fingerprint density at radius 1 is 1.16 bits per heavy atom. The van der Waals surface area contributed by atoms with E-state index in [0.29, 0.717) is 0 Å². The quantitative estimate of drug-likeness (QED) is 0.645. The van der Waals surface area contributed by atoms with Crippen LogP contribution >= 0.6 is 11.3 Å². The number of aromatic nitrogens is 2. The molecule has 2 aromatic heterocycles. The van der Waals surface area contributed by atoms with Gasteiger partial charge in [0.05, 0.1) is 5.69 Å². The molecule has 3 aromatic rings. The molecule has 0 N–H and O–H groups in total. The summed E-state index contributed by atoms with van der Waals surface area (Å²) in [5, 5.41) is 0. The zero-order valence-electron chi connectivity index (χ0n) is 11.0. The molecule has 0 spiro atoms. The minimum atomic E-state index is 1.09. The molecule has 0 fully saturated rings. The normalized spacial score (nSPS) is 14.8. The number of rotatable bonds is 1. The predicted octanol–water partition coefficient (Wildman–Crippen LogP) is 4.25. The molecule has 19 heavy (non-hydrogen) atoms. The molecule has 2 nitrogen and oxygen atoms in total. The lowest BCUT2D eigenvalue weighted by Gasteiger charge is -2.16. The van der Waals surface area contributed by atoms with Crippen molar-refractivity contribution < 1.29 is 0 Å². The number of fused-ring (bicyclic) bond motifs is 2. The van der Waals surface area contributed by atoms with E-state index in [2.05, 4.69) is 40.7 Å². The van der Waals surface area contributed by atoms with Gasteiger partial charge in [0.2, 0.25) is 0 Å². The van der Waals surface area contributed by atoms with Gasteiger partial charge in [-0.1, -0.05) is 12.1 Å². The fourth-order valence-electron chi connectivity index (χ4n) is 3.11. The SMILES string of the molecule is Cc1sc2nccn2c1-c1ccc2c(c1)CCCC2. The van der Waals surface area contributed by atoms with Crippen molar-refractivity contribution in [3.63, 3.8) is 0 Å². The van der Waals surface area contributed by atoms with Gasteiger partial charge in [0.15, 0.2) is 4.96 Å². The zero-order chi connectivity index (χ0) is 12.8. The molecule has 0 unspecified atom stereocenters. The van der Waals surface area contributed by atoms with E-state index in [9.17, 15) is 0 Å². The van der Waals surface area contributed by atoms with Crippen LogP contribution in [0.4, 0.5) is 0 Å². The van der Waals surface area contributed by atoms with Gasteiger partial charge < -0.3 is 0 Å². The Morgan fingerprint density at radius 3 is 2.89 bits per heavy atom. The van der Waals surface area contributed by atoms with Gasteiger partial charge in [0.25, 0.3) is 0 Å². The van der Waals surface area contributed by atoms with Crippen LogP contribution in [0, 0.1) is 6.92 Å². The molecule has 1 aliphatic rings. The second kappa shape index (κ2) is 4.20. The standard InChI is InChI=1S/C16H16N2S/c1-11-15(18-9-8-17-16(18)19-11)14-7-6-12-4-2-3-5-13(12)10-14/h6-10H,2-5H2,1H3. The van der Waals surface area contributed by atoms with E-state index in [1.54, 1.807) is 22.5 Å². The number of hydrogen-bond acceptors (Lipinski definition) is 2. The minimum absolute atomic E-state index is 1.09. The van der Waals surface area contributed by atoms with E-state index < -0.39 is 0 Å². The first-order valence-electron chi connectivity index (χ1n) is 6.87. The van der Waals surface area contributed by atoms with E-state index >= 15 is 0 Å². The minimum Gasteiger partial charge on any atom is -0.290 e. The lowest BCUT2D eigenvalue weighted by atomic mass is 9.90. The smallest absolute Gasteiger partial charge is 0.194 e. The molecular weight excluding hydrogens is 252 g/mol. The Balaban J connectivity index is 1.92. The van der Waals surface area contributed by atoms with Crippen molar-refractivity contribution in [2.24, 2.45) is 0 Å². The molecule has 0 bridgehead atoms. The van der Waals surface area contributed by atoms with Crippen molar-refractivity contribution in [1.82, 2.24) is 9.38 Å². The van der Waals surface area contributed by atoms with Crippen LogP contribution in [0.3, 0.4) is 0 Å². The summed E-state index contributed by atoms with van der Waals surface area (Å²) < 4.78 is 2.21. The van der Waals surface area contributed by atoms with Crippen LogP contribution in [-0.4, -0.2) is 9.38 Å². The molecule has 3 heteroatoms. The highest BCUT2D eigenvalue weighted by atomic mass is 32.1. The number of benzene rings is 1. The van der Waals surface area contributed by atoms with Gasteiger partial charge in [-0.2, -0.15) is 0 Å². The third kappa shape index (κ3) is 1.72. The summed E-state index contributed by atoms with van der Waals surface area (Å²) in [5.74, 6) is 0. The van der Waals surface area contributed by atoms with Crippen molar-refractivity contribution in [2.45, 2.75) is 32.6 Å². The highest BCUT2D eigenvalue weighted by Crippen LogP contribution is 2.33. The van der Waals surface area contributed by atoms with Crippen molar-refractivity contribution >= 4 is 16.3 Å². The molecule has 0 radical (unpaired) electrons. The Bertz CT molecular complexity index is 751. The fraction of sp³-hybridized carbons (Fsp3) is 0.312. The predicted molar refractivity (Wildman–Crippen MR) is 79.9 cm³/mol. The van der Waals surface area contributed by atoms with E-state index in [0.717, 1.165) is 4.96 Å². The first-order valence-corrected chi connectivity index (χ1v) is 7.69. The molecule has 0 saturated heterocycles. The van der Waals surface area contributed by atoms with Crippen LogP contribution in [0.2, 0.25) is 0 Å². The van der Waals surface area contributed by atoms with Gasteiger partial charge in [-0.15, -0.1) is 11.3 Å². The van der Waals surface area contributed by atoms with Crippen LogP contribution in [0.5, 0.6) is 0 Å². The fourth-order valence-corrected chi connectivity index (χ4v) is 4.06. The Hall–Kier alpha value is -1.61. The molecule has 2 heterocycles. The first kappa shape index (κ1) is 11.2. The van der Waals surface area contributed by atoms with E-state index in [4.69, 9.17) is 0 Å². The lowest BCUT2D eigenvalue weighted by molar-refractivity contribution is 0.686. The second-order valence-electron chi connectivity index (χ2n) is 5.28. The summed E-state index contributed by atoms with van der Waals surface area (Å²) >= 11 is 1.77. The van der Waals surface area contributed by atoms with E-state index in [1.807, 2.05) is 6.20 Å². The number of nitrogens with zero attached hydrogens (tertiary/aromatic N) is 2. The maximum atomic E-state index is 4.39. The third-order valence-corrected chi connectivity index (χ3v) is 5.03. The van der Waals surface area contributed by atoms with E-state index in [-0.39, 0.29) is 0 Å². The van der Waals surface area contributed by atoms with Gasteiger partial charge in [0.1, 0.15) is 0 Å². The van der Waals surface area contributed by atoms with Gasteiger partial charge in [-0.05, 0) is 55.4 Å². The van der Waals surface area contributed by atoms with Crippen LogP contribution < -0.4 is 0 Å². The average Bonchev–Trinajstić information content (AvgIpc) is 2.98. The Labute approximate surface area is 116 Å². The van der Waals surface area contributed by atoms with Crippen molar-refractivity contribution in [1.29, 1.82) is 0 Å². The summed E-state index contributed by atoms with van der Waals surface area (Å²) in [6, 6.07) is 6.99. The average molecular weight is 268 g/mol. The molecule has 0 amide bonds. The highest BCUT2D eigenvalue weighted by Gasteiger charge is 2.14. The van der Waals surface area contributed by atoms with Crippen molar-refractivity contribution in [3.8, 4) is 11.3 Å². The largest absolute Gasteiger partial charge is 0.290 e. The summed E-state index contributed by atoms with van der Waals surface area (Å²) in [6.07, 6.45) is 9.11. The first-order chi connectivity index (χ1) is 9.33. The number of thiazole rings is 1. The van der Waals surface area contributed by atoms with Crippen LogP contribution in [0.25, 0.3) is 16.2 Å². The van der Waals surface area contributed by atoms with Gasteiger partial charge >= 0.3 is 0 Å². The molecule has 0 aliphatic heterocycles. The molecule has 0 atom stereocenters. The molecule has 4 rings (SSSR count). The molecule has 96 valence electrons. The summed E-state index contributed by atoms with van der Waals surface area (Å²) in [4.78, 5) is 6.83. The second-order valence-corrected chi connectivity index (χ2v) is 6.46. The van der Waals surface area contributed by atoms with Crippen LogP contribution in [0.15, 0.2) is 30.6 Å². The van der Waals surface area contributed by atoms with Gasteiger partial charge in [-0.3, -0.25) is 4.40 Å². The highest BCUT2D eigenvalue weighted by molar-refractivity contribution is 7.17. The van der Waals surface area contributed by atoms with Crippen LogP contribution in [-0.2, 0) is 12.8 Å². The molecular formula is C16H16N2S. The van der Waals surface area contributed by atoms with Crippen molar-refractivity contribution in [2.75, 3.05) is 0 Å². The maximum absolute atomic E-state index is 4.39. The molecule has 0 saturated carbocycles. The van der Waals surface area contributed by atoms with Crippen LogP contribution in [0.1, 0.15) is 28.8 Å². The lowest BCUT2D eigenvalue weighted by Crippen LogP contribution is -2.02. The number of imidazole rings is 1. The number of hydrogen-bond donors (Lipinski definition) is 0. The topological polar surface area (TPSA) is 17.3 Å².